The zero-order valence-corrected chi connectivity index (χ0v) is 13.5. The van der Waals surface area contributed by atoms with Crippen molar-refractivity contribution >= 4 is 29.2 Å². The third-order valence-electron chi connectivity index (χ3n) is 3.54. The second kappa shape index (κ2) is 8.68. The van der Waals surface area contributed by atoms with Crippen molar-refractivity contribution in [3.05, 3.63) is 23.2 Å². The predicted octanol–water partition coefficient (Wildman–Crippen LogP) is 3.12. The molecule has 6 nitrogen and oxygen atoms in total. The van der Waals surface area contributed by atoms with Crippen LogP contribution >= 0.6 is 11.6 Å². The fraction of sp³-hybridized carbons (Fsp3) is 0.467. The Balaban J connectivity index is 1.76. The third-order valence-corrected chi connectivity index (χ3v) is 3.84. The Morgan fingerprint density at radius 1 is 1.29 bits per heavy atom. The highest BCUT2D eigenvalue weighted by Gasteiger charge is 2.18. The first-order valence-corrected chi connectivity index (χ1v) is 7.90. The number of amides is 3. The van der Waals surface area contributed by atoms with Crippen LogP contribution in [0.1, 0.15) is 25.7 Å². The number of carbonyl (C=O) groups excluding carboxylic acids is 2. The molecule has 1 aromatic rings. The molecule has 0 aromatic heterocycles. The van der Waals surface area contributed by atoms with E-state index in [1.165, 1.54) is 18.2 Å². The number of alkyl halides is 2. The minimum Gasteiger partial charge on any atom is -0.433 e. The molecular formula is C15H18ClF2N3O3. The van der Waals surface area contributed by atoms with E-state index in [1.807, 2.05) is 0 Å². The Bertz CT molecular complexity index is 595. The molecule has 1 aliphatic rings. The van der Waals surface area contributed by atoms with Gasteiger partial charge in [0.05, 0.1) is 11.6 Å². The van der Waals surface area contributed by atoms with Gasteiger partial charge in [-0.1, -0.05) is 24.4 Å². The molecule has 0 heterocycles. The van der Waals surface area contributed by atoms with Crippen LogP contribution in [0.15, 0.2) is 18.2 Å². The predicted molar refractivity (Wildman–Crippen MR) is 85.5 cm³/mol. The van der Waals surface area contributed by atoms with E-state index in [-0.39, 0.29) is 23.4 Å². The monoisotopic (exact) mass is 361 g/mol. The van der Waals surface area contributed by atoms with Crippen molar-refractivity contribution < 1.29 is 23.1 Å². The lowest BCUT2D eigenvalue weighted by atomic mass is 10.2. The van der Waals surface area contributed by atoms with E-state index in [0.717, 1.165) is 25.7 Å². The molecule has 0 atom stereocenters. The molecule has 1 fully saturated rings. The van der Waals surface area contributed by atoms with Gasteiger partial charge in [0.1, 0.15) is 5.75 Å². The number of imide groups is 1. The Morgan fingerprint density at radius 3 is 2.62 bits per heavy atom. The lowest BCUT2D eigenvalue weighted by Gasteiger charge is -2.13. The summed E-state index contributed by atoms with van der Waals surface area (Å²) in [5.74, 6) is -0.674. The van der Waals surface area contributed by atoms with Gasteiger partial charge >= 0.3 is 12.6 Å². The molecule has 0 unspecified atom stereocenters. The van der Waals surface area contributed by atoms with Crippen LogP contribution in [-0.2, 0) is 4.79 Å². The average molecular weight is 362 g/mol. The van der Waals surface area contributed by atoms with Crippen LogP contribution < -0.4 is 20.7 Å². The largest absolute Gasteiger partial charge is 0.433 e. The Morgan fingerprint density at radius 2 is 2.00 bits per heavy atom. The molecule has 0 aliphatic heterocycles. The van der Waals surface area contributed by atoms with Crippen LogP contribution in [-0.4, -0.2) is 31.1 Å². The van der Waals surface area contributed by atoms with Crippen LogP contribution in [0.5, 0.6) is 5.75 Å². The van der Waals surface area contributed by atoms with E-state index < -0.39 is 18.5 Å². The molecule has 1 aromatic carbocycles. The molecule has 3 N–H and O–H groups in total. The first-order chi connectivity index (χ1) is 11.4. The molecule has 9 heteroatoms. The highest BCUT2D eigenvalue weighted by Crippen LogP contribution is 2.28. The molecule has 2 rings (SSSR count). The number of urea groups is 1. The summed E-state index contributed by atoms with van der Waals surface area (Å²) in [6.45, 7) is -3.13. The van der Waals surface area contributed by atoms with Crippen molar-refractivity contribution in [2.75, 3.05) is 11.9 Å². The fourth-order valence-corrected chi connectivity index (χ4v) is 2.67. The highest BCUT2D eigenvalue weighted by atomic mass is 35.5. The van der Waals surface area contributed by atoms with Gasteiger partial charge in [-0.3, -0.25) is 10.1 Å². The number of hydrogen-bond donors (Lipinski definition) is 3. The molecular weight excluding hydrogens is 344 g/mol. The Kier molecular flexibility index (Phi) is 6.60. The summed E-state index contributed by atoms with van der Waals surface area (Å²) in [4.78, 5) is 23.3. The second-order valence-electron chi connectivity index (χ2n) is 5.38. The van der Waals surface area contributed by atoms with Gasteiger partial charge in [-0.25, -0.2) is 4.79 Å². The normalized spacial score (nSPS) is 14.5. The van der Waals surface area contributed by atoms with Gasteiger partial charge in [0.25, 0.3) is 0 Å². The van der Waals surface area contributed by atoms with Crippen LogP contribution in [0.3, 0.4) is 0 Å². The maximum absolute atomic E-state index is 12.1. The molecule has 0 spiro atoms. The van der Waals surface area contributed by atoms with Crippen LogP contribution in [0.2, 0.25) is 5.02 Å². The summed E-state index contributed by atoms with van der Waals surface area (Å²) in [5, 5.41) is 7.69. The number of benzene rings is 1. The maximum Gasteiger partial charge on any atom is 0.387 e. The number of ether oxygens (including phenoxy) is 1. The molecule has 1 saturated carbocycles. The van der Waals surface area contributed by atoms with Gasteiger partial charge in [-0.2, -0.15) is 8.78 Å². The van der Waals surface area contributed by atoms with Crippen molar-refractivity contribution in [1.29, 1.82) is 0 Å². The van der Waals surface area contributed by atoms with Gasteiger partial charge in [0.2, 0.25) is 5.91 Å². The number of hydrogen-bond acceptors (Lipinski definition) is 4. The van der Waals surface area contributed by atoms with Gasteiger partial charge in [0, 0.05) is 11.7 Å². The number of halogens is 3. The van der Waals surface area contributed by atoms with Crippen molar-refractivity contribution in [3.63, 3.8) is 0 Å². The summed E-state index contributed by atoms with van der Waals surface area (Å²) in [6.07, 6.45) is 4.00. The molecule has 132 valence electrons. The number of rotatable bonds is 6. The lowest BCUT2D eigenvalue weighted by molar-refractivity contribution is -0.118. The first kappa shape index (κ1) is 18.3. The summed E-state index contributed by atoms with van der Waals surface area (Å²) in [7, 11) is 0. The van der Waals surface area contributed by atoms with E-state index >= 15 is 0 Å². The van der Waals surface area contributed by atoms with Crippen molar-refractivity contribution in [1.82, 2.24) is 10.6 Å². The SMILES string of the molecule is O=C(CNc1ccc(OC(F)F)c(Cl)c1)NC(=O)NC1CCCC1. The quantitative estimate of drug-likeness (QED) is 0.727. The zero-order valence-electron chi connectivity index (χ0n) is 12.8. The summed E-state index contributed by atoms with van der Waals surface area (Å²) in [6, 6.07) is 3.65. The standard InChI is InChI=1S/C15H18ClF2N3O3/c16-11-7-10(5-6-12(11)24-14(17)18)19-8-13(22)21-15(23)20-9-3-1-2-4-9/h5-7,9,14,19H,1-4,8H2,(H2,20,21,22,23). The zero-order chi connectivity index (χ0) is 17.5. The van der Waals surface area contributed by atoms with E-state index in [1.54, 1.807) is 0 Å². The molecule has 1 aliphatic carbocycles. The van der Waals surface area contributed by atoms with Crippen molar-refractivity contribution in [2.24, 2.45) is 0 Å². The Labute approximate surface area is 142 Å². The van der Waals surface area contributed by atoms with Crippen molar-refractivity contribution in [2.45, 2.75) is 38.3 Å². The minimum absolute atomic E-state index is 0.0142. The molecule has 0 bridgehead atoms. The van der Waals surface area contributed by atoms with E-state index in [2.05, 4.69) is 20.7 Å². The Hall–Kier alpha value is -2.09. The topological polar surface area (TPSA) is 79.5 Å². The van der Waals surface area contributed by atoms with Crippen LogP contribution in [0, 0.1) is 0 Å². The lowest BCUT2D eigenvalue weighted by Crippen LogP contribution is -2.45. The van der Waals surface area contributed by atoms with E-state index in [0.29, 0.717) is 5.69 Å². The van der Waals surface area contributed by atoms with Gasteiger partial charge in [-0.15, -0.1) is 0 Å². The number of nitrogens with one attached hydrogen (secondary N) is 3. The molecule has 0 saturated heterocycles. The number of carbonyl (C=O) groups is 2. The number of anilines is 1. The van der Waals surface area contributed by atoms with Crippen molar-refractivity contribution in [3.8, 4) is 5.75 Å². The first-order valence-electron chi connectivity index (χ1n) is 7.52. The maximum atomic E-state index is 12.1. The van der Waals surface area contributed by atoms with E-state index in [9.17, 15) is 18.4 Å². The second-order valence-corrected chi connectivity index (χ2v) is 5.79. The average Bonchev–Trinajstić information content (AvgIpc) is 3.00. The fourth-order valence-electron chi connectivity index (χ4n) is 2.45. The summed E-state index contributed by atoms with van der Waals surface area (Å²) in [5.41, 5.74) is 0.438. The van der Waals surface area contributed by atoms with E-state index in [4.69, 9.17) is 11.6 Å². The van der Waals surface area contributed by atoms with Gasteiger partial charge in [0.15, 0.2) is 0 Å². The highest BCUT2D eigenvalue weighted by molar-refractivity contribution is 6.32. The van der Waals surface area contributed by atoms with Crippen LogP contribution in [0.4, 0.5) is 19.3 Å². The van der Waals surface area contributed by atoms with Crippen LogP contribution in [0.25, 0.3) is 0 Å². The molecule has 0 radical (unpaired) electrons. The smallest absolute Gasteiger partial charge is 0.387 e. The summed E-state index contributed by atoms with van der Waals surface area (Å²) < 4.78 is 28.5. The minimum atomic E-state index is -2.97. The molecule has 24 heavy (non-hydrogen) atoms. The third kappa shape index (κ3) is 5.84. The molecule has 3 amide bonds. The van der Waals surface area contributed by atoms with Gasteiger partial charge < -0.3 is 15.4 Å². The van der Waals surface area contributed by atoms with Gasteiger partial charge in [-0.05, 0) is 31.0 Å². The summed E-state index contributed by atoms with van der Waals surface area (Å²) >= 11 is 5.81.